The molecule has 3 rings (SSSR count). The van der Waals surface area contributed by atoms with Crippen molar-refractivity contribution in [3.63, 3.8) is 0 Å². The standard InChI is InChI=1S/C16H16F3N3O/c1-9-8-12(16(17,18)19)20-14-11(9)6-7-13(21-14)22-15(23)10-4-2-3-5-10/h6-8,10H,2-5H2,1H3,(H,20,21,22,23). The topological polar surface area (TPSA) is 54.9 Å². The van der Waals surface area contributed by atoms with Crippen LogP contribution in [-0.4, -0.2) is 15.9 Å². The minimum absolute atomic E-state index is 0.0125. The zero-order chi connectivity index (χ0) is 16.6. The average Bonchev–Trinajstić information content (AvgIpc) is 3.00. The Hall–Kier alpha value is -2.18. The van der Waals surface area contributed by atoms with Crippen LogP contribution in [0.1, 0.15) is 36.9 Å². The fourth-order valence-electron chi connectivity index (χ4n) is 2.90. The molecular formula is C16H16F3N3O. The number of pyridine rings is 2. The summed E-state index contributed by atoms with van der Waals surface area (Å²) in [6.45, 7) is 1.58. The summed E-state index contributed by atoms with van der Waals surface area (Å²) in [5, 5.41) is 3.22. The van der Waals surface area contributed by atoms with Crippen molar-refractivity contribution in [3.8, 4) is 0 Å². The summed E-state index contributed by atoms with van der Waals surface area (Å²) in [6.07, 6.45) is -0.786. The SMILES string of the molecule is Cc1cc(C(F)(F)F)nc2nc(NC(=O)C3CCCC3)ccc12. The molecule has 1 aliphatic carbocycles. The average molecular weight is 323 g/mol. The second-order valence-electron chi connectivity index (χ2n) is 5.86. The van der Waals surface area contributed by atoms with Crippen molar-refractivity contribution in [2.75, 3.05) is 5.32 Å². The highest BCUT2D eigenvalue weighted by molar-refractivity contribution is 5.93. The molecule has 1 fully saturated rings. The van der Waals surface area contributed by atoms with Crippen molar-refractivity contribution >= 4 is 22.8 Å². The zero-order valence-corrected chi connectivity index (χ0v) is 12.6. The molecule has 0 bridgehead atoms. The van der Waals surface area contributed by atoms with Crippen LogP contribution in [0.5, 0.6) is 0 Å². The lowest BCUT2D eigenvalue weighted by Crippen LogP contribution is -2.21. The molecule has 1 amide bonds. The van der Waals surface area contributed by atoms with E-state index in [0.717, 1.165) is 31.7 Å². The van der Waals surface area contributed by atoms with Crippen molar-refractivity contribution in [2.24, 2.45) is 5.92 Å². The Morgan fingerprint density at radius 3 is 2.57 bits per heavy atom. The van der Waals surface area contributed by atoms with Gasteiger partial charge in [0.05, 0.1) is 0 Å². The third-order valence-corrected chi connectivity index (χ3v) is 4.15. The predicted molar refractivity (Wildman–Crippen MR) is 79.9 cm³/mol. The lowest BCUT2D eigenvalue weighted by atomic mass is 10.1. The maximum atomic E-state index is 12.9. The van der Waals surface area contributed by atoms with Crippen LogP contribution in [0.4, 0.5) is 19.0 Å². The molecule has 122 valence electrons. The summed E-state index contributed by atoms with van der Waals surface area (Å²) < 4.78 is 38.6. The molecule has 4 nitrogen and oxygen atoms in total. The number of alkyl halides is 3. The number of aromatic nitrogens is 2. The van der Waals surface area contributed by atoms with E-state index in [4.69, 9.17) is 0 Å². The first-order chi connectivity index (χ1) is 10.8. The Kier molecular flexibility index (Phi) is 3.95. The summed E-state index contributed by atoms with van der Waals surface area (Å²) in [7, 11) is 0. The Bertz CT molecular complexity index is 752. The monoisotopic (exact) mass is 323 g/mol. The zero-order valence-electron chi connectivity index (χ0n) is 12.6. The fraction of sp³-hybridized carbons (Fsp3) is 0.438. The number of halogens is 3. The number of rotatable bonds is 2. The fourth-order valence-corrected chi connectivity index (χ4v) is 2.90. The second kappa shape index (κ2) is 5.79. The van der Waals surface area contributed by atoms with Crippen molar-refractivity contribution in [1.82, 2.24) is 9.97 Å². The first-order valence-electron chi connectivity index (χ1n) is 7.51. The van der Waals surface area contributed by atoms with Gasteiger partial charge in [-0.25, -0.2) is 9.97 Å². The molecule has 0 saturated heterocycles. The highest BCUT2D eigenvalue weighted by Gasteiger charge is 2.33. The van der Waals surface area contributed by atoms with E-state index in [1.165, 1.54) is 0 Å². The molecule has 2 aromatic rings. The molecule has 7 heteroatoms. The van der Waals surface area contributed by atoms with Crippen LogP contribution in [0.2, 0.25) is 0 Å². The molecule has 2 heterocycles. The molecule has 0 atom stereocenters. The highest BCUT2D eigenvalue weighted by Crippen LogP contribution is 2.31. The van der Waals surface area contributed by atoms with Gasteiger partial charge in [-0.1, -0.05) is 12.8 Å². The molecule has 23 heavy (non-hydrogen) atoms. The third kappa shape index (κ3) is 3.28. The molecule has 1 saturated carbocycles. The number of aryl methyl sites for hydroxylation is 1. The molecule has 2 aromatic heterocycles. The molecule has 0 radical (unpaired) electrons. The minimum atomic E-state index is -4.52. The molecule has 0 unspecified atom stereocenters. The number of hydrogen-bond acceptors (Lipinski definition) is 3. The number of nitrogens with one attached hydrogen (secondary N) is 1. The second-order valence-corrected chi connectivity index (χ2v) is 5.86. The van der Waals surface area contributed by atoms with Gasteiger partial charge in [-0.2, -0.15) is 13.2 Å². The summed E-state index contributed by atoms with van der Waals surface area (Å²) in [4.78, 5) is 19.8. The van der Waals surface area contributed by atoms with Crippen LogP contribution in [0.3, 0.4) is 0 Å². The van der Waals surface area contributed by atoms with Crippen molar-refractivity contribution in [1.29, 1.82) is 0 Å². The number of carbonyl (C=O) groups excluding carboxylic acids is 1. The molecule has 1 N–H and O–H groups in total. The largest absolute Gasteiger partial charge is 0.433 e. The molecule has 0 aromatic carbocycles. The van der Waals surface area contributed by atoms with E-state index < -0.39 is 11.9 Å². The number of nitrogens with zero attached hydrogens (tertiary/aromatic N) is 2. The highest BCUT2D eigenvalue weighted by atomic mass is 19.4. The van der Waals surface area contributed by atoms with Crippen LogP contribution in [0.25, 0.3) is 11.0 Å². The number of hydrogen-bond donors (Lipinski definition) is 1. The van der Waals surface area contributed by atoms with Crippen molar-refractivity contribution < 1.29 is 18.0 Å². The normalized spacial score (nSPS) is 16.0. The summed E-state index contributed by atoms with van der Waals surface area (Å²) in [6, 6.07) is 4.23. The van der Waals surface area contributed by atoms with E-state index in [-0.39, 0.29) is 23.3 Å². The van der Waals surface area contributed by atoms with Gasteiger partial charge < -0.3 is 5.32 Å². The van der Waals surface area contributed by atoms with Crippen LogP contribution in [0, 0.1) is 12.8 Å². The van der Waals surface area contributed by atoms with Crippen molar-refractivity contribution in [2.45, 2.75) is 38.8 Å². The smallest absolute Gasteiger partial charge is 0.310 e. The Balaban J connectivity index is 1.92. The lowest BCUT2D eigenvalue weighted by molar-refractivity contribution is -0.141. The first-order valence-corrected chi connectivity index (χ1v) is 7.51. The third-order valence-electron chi connectivity index (χ3n) is 4.15. The van der Waals surface area contributed by atoms with Gasteiger partial charge in [-0.15, -0.1) is 0 Å². The van der Waals surface area contributed by atoms with Crippen LogP contribution >= 0.6 is 0 Å². The van der Waals surface area contributed by atoms with Gasteiger partial charge in [0.25, 0.3) is 0 Å². The maximum Gasteiger partial charge on any atom is 0.433 e. The van der Waals surface area contributed by atoms with E-state index in [0.29, 0.717) is 10.9 Å². The van der Waals surface area contributed by atoms with Gasteiger partial charge in [-0.3, -0.25) is 4.79 Å². The minimum Gasteiger partial charge on any atom is -0.310 e. The Morgan fingerprint density at radius 1 is 1.22 bits per heavy atom. The van der Waals surface area contributed by atoms with Gasteiger partial charge in [-0.05, 0) is 43.5 Å². The van der Waals surface area contributed by atoms with Crippen LogP contribution in [-0.2, 0) is 11.0 Å². The van der Waals surface area contributed by atoms with Crippen molar-refractivity contribution in [3.05, 3.63) is 29.5 Å². The first kappa shape index (κ1) is 15.7. The quantitative estimate of drug-likeness (QED) is 0.906. The molecule has 1 aliphatic rings. The van der Waals surface area contributed by atoms with Crippen LogP contribution < -0.4 is 5.32 Å². The van der Waals surface area contributed by atoms with E-state index in [1.54, 1.807) is 19.1 Å². The number of anilines is 1. The van der Waals surface area contributed by atoms with Crippen LogP contribution in [0.15, 0.2) is 18.2 Å². The van der Waals surface area contributed by atoms with Gasteiger partial charge in [0.2, 0.25) is 5.91 Å². The Labute approximate surface area is 131 Å². The molecule has 0 spiro atoms. The summed E-state index contributed by atoms with van der Waals surface area (Å²) >= 11 is 0. The number of fused-ring (bicyclic) bond motifs is 1. The van der Waals surface area contributed by atoms with E-state index in [9.17, 15) is 18.0 Å². The van der Waals surface area contributed by atoms with Gasteiger partial charge >= 0.3 is 6.18 Å². The van der Waals surface area contributed by atoms with Gasteiger partial charge in [0.15, 0.2) is 5.65 Å². The Morgan fingerprint density at radius 2 is 1.91 bits per heavy atom. The number of carbonyl (C=O) groups is 1. The maximum absolute atomic E-state index is 12.9. The van der Waals surface area contributed by atoms with E-state index >= 15 is 0 Å². The lowest BCUT2D eigenvalue weighted by Gasteiger charge is -2.12. The number of amides is 1. The van der Waals surface area contributed by atoms with Gasteiger partial charge in [0, 0.05) is 11.3 Å². The molecule has 0 aliphatic heterocycles. The molecular weight excluding hydrogens is 307 g/mol. The van der Waals surface area contributed by atoms with E-state index in [1.807, 2.05) is 0 Å². The van der Waals surface area contributed by atoms with E-state index in [2.05, 4.69) is 15.3 Å². The van der Waals surface area contributed by atoms with Gasteiger partial charge in [0.1, 0.15) is 11.5 Å². The summed E-state index contributed by atoms with van der Waals surface area (Å²) in [5.74, 6) is 0.0716. The summed E-state index contributed by atoms with van der Waals surface area (Å²) in [5.41, 5.74) is -0.542. The predicted octanol–water partition coefficient (Wildman–Crippen LogP) is 4.09.